The summed E-state index contributed by atoms with van der Waals surface area (Å²) in [6, 6.07) is 7.10. The Morgan fingerprint density at radius 2 is 1.94 bits per heavy atom. The molecule has 12 heteroatoms. The minimum absolute atomic E-state index is 0.289. The molecule has 0 amide bonds. The second-order valence-corrected chi connectivity index (χ2v) is 7.37. The van der Waals surface area contributed by atoms with Gasteiger partial charge in [0.2, 0.25) is 5.78 Å². The third-order valence-electron chi connectivity index (χ3n) is 5.08. The van der Waals surface area contributed by atoms with Crippen LogP contribution in [0.2, 0.25) is 0 Å². The number of nitrogens with one attached hydrogen (secondary N) is 1. The monoisotopic (exact) mass is 479 g/mol. The standard InChI is InChI=1S/C22H20F3N3O6/c1-13-8-17(14(2)27(13)11-16-4-3-7-33-16)20(29)12-34-21(30)10-26-18-6-5-15(22(23,24)25)9-19(18)28(31)32/h3-9,26H,10-12H2,1-2H3. The van der Waals surface area contributed by atoms with Crippen LogP contribution < -0.4 is 5.32 Å². The lowest BCUT2D eigenvalue weighted by molar-refractivity contribution is -0.384. The van der Waals surface area contributed by atoms with E-state index < -0.39 is 47.3 Å². The number of nitro benzene ring substituents is 1. The van der Waals surface area contributed by atoms with Crippen molar-refractivity contribution in [1.82, 2.24) is 4.57 Å². The summed E-state index contributed by atoms with van der Waals surface area (Å²) >= 11 is 0. The number of ketones is 1. The Kier molecular flexibility index (Phi) is 7.08. The Labute approximate surface area is 191 Å². The molecule has 0 unspecified atom stereocenters. The molecule has 0 saturated heterocycles. The maximum absolute atomic E-state index is 12.8. The van der Waals surface area contributed by atoms with Gasteiger partial charge in [-0.3, -0.25) is 19.7 Å². The third-order valence-corrected chi connectivity index (χ3v) is 5.08. The van der Waals surface area contributed by atoms with Crippen molar-refractivity contribution in [3.8, 4) is 0 Å². The fraction of sp³-hybridized carbons (Fsp3) is 0.273. The van der Waals surface area contributed by atoms with Crippen LogP contribution in [0.5, 0.6) is 0 Å². The summed E-state index contributed by atoms with van der Waals surface area (Å²) in [7, 11) is 0. The van der Waals surface area contributed by atoms with E-state index in [1.807, 2.05) is 11.5 Å². The molecule has 0 aliphatic rings. The number of anilines is 1. The lowest BCUT2D eigenvalue weighted by Gasteiger charge is -2.10. The van der Waals surface area contributed by atoms with Crippen LogP contribution in [0.3, 0.4) is 0 Å². The molecule has 0 aliphatic carbocycles. The predicted octanol–water partition coefficient (Wildman–Crippen LogP) is 4.51. The summed E-state index contributed by atoms with van der Waals surface area (Å²) in [6.45, 7) is 2.83. The fourth-order valence-electron chi connectivity index (χ4n) is 3.34. The molecule has 0 bridgehead atoms. The van der Waals surface area contributed by atoms with Crippen LogP contribution >= 0.6 is 0 Å². The number of hydrogen-bond donors (Lipinski definition) is 1. The van der Waals surface area contributed by atoms with Gasteiger partial charge >= 0.3 is 12.1 Å². The predicted molar refractivity (Wildman–Crippen MR) is 114 cm³/mol. The summed E-state index contributed by atoms with van der Waals surface area (Å²) in [6.07, 6.45) is -3.21. The van der Waals surface area contributed by atoms with Crippen LogP contribution in [0.4, 0.5) is 24.5 Å². The van der Waals surface area contributed by atoms with Gasteiger partial charge < -0.3 is 19.0 Å². The first-order valence-electron chi connectivity index (χ1n) is 9.94. The van der Waals surface area contributed by atoms with Crippen LogP contribution in [0.15, 0.2) is 47.1 Å². The highest BCUT2D eigenvalue weighted by molar-refractivity contribution is 5.99. The van der Waals surface area contributed by atoms with Gasteiger partial charge in [-0.25, -0.2) is 0 Å². The normalized spacial score (nSPS) is 11.3. The second kappa shape index (κ2) is 9.81. The van der Waals surface area contributed by atoms with Gasteiger partial charge in [0.1, 0.15) is 18.0 Å². The number of alkyl halides is 3. The van der Waals surface area contributed by atoms with Crippen molar-refractivity contribution in [3.05, 3.63) is 81.1 Å². The summed E-state index contributed by atoms with van der Waals surface area (Å²) in [4.78, 5) is 34.7. The Balaban J connectivity index is 1.60. The van der Waals surface area contributed by atoms with Crippen molar-refractivity contribution < 1.29 is 36.8 Å². The molecule has 1 N–H and O–H groups in total. The number of nitrogens with zero attached hydrogens (tertiary/aromatic N) is 2. The lowest BCUT2D eigenvalue weighted by Crippen LogP contribution is -2.21. The molecule has 3 rings (SSSR count). The van der Waals surface area contributed by atoms with Crippen LogP contribution in [-0.2, 0) is 22.3 Å². The van der Waals surface area contributed by atoms with E-state index in [0.717, 1.165) is 11.8 Å². The van der Waals surface area contributed by atoms with Crippen molar-refractivity contribution >= 4 is 23.1 Å². The van der Waals surface area contributed by atoms with E-state index in [4.69, 9.17) is 9.15 Å². The van der Waals surface area contributed by atoms with Gasteiger partial charge in [0.05, 0.1) is 23.3 Å². The number of aryl methyl sites for hydroxylation is 1. The molecule has 0 atom stereocenters. The van der Waals surface area contributed by atoms with E-state index in [1.165, 1.54) is 0 Å². The fourth-order valence-corrected chi connectivity index (χ4v) is 3.34. The van der Waals surface area contributed by atoms with Crippen molar-refractivity contribution in [2.24, 2.45) is 0 Å². The largest absolute Gasteiger partial charge is 0.467 e. The molecule has 0 aliphatic heterocycles. The average molecular weight is 479 g/mol. The highest BCUT2D eigenvalue weighted by Crippen LogP contribution is 2.34. The minimum Gasteiger partial charge on any atom is -0.467 e. The van der Waals surface area contributed by atoms with Crippen LogP contribution in [0.25, 0.3) is 0 Å². The van der Waals surface area contributed by atoms with Crippen molar-refractivity contribution in [3.63, 3.8) is 0 Å². The molecule has 180 valence electrons. The first kappa shape index (κ1) is 24.6. The minimum atomic E-state index is -4.75. The molecular weight excluding hydrogens is 459 g/mol. The molecule has 9 nitrogen and oxygen atoms in total. The molecule has 34 heavy (non-hydrogen) atoms. The van der Waals surface area contributed by atoms with Crippen molar-refractivity contribution in [2.75, 3.05) is 18.5 Å². The van der Waals surface area contributed by atoms with Gasteiger partial charge in [0, 0.05) is 23.0 Å². The Morgan fingerprint density at radius 1 is 1.21 bits per heavy atom. The maximum atomic E-state index is 12.8. The van der Waals surface area contributed by atoms with Gasteiger partial charge in [-0.05, 0) is 44.2 Å². The first-order valence-corrected chi connectivity index (χ1v) is 9.94. The van der Waals surface area contributed by atoms with E-state index in [9.17, 15) is 32.9 Å². The number of halogens is 3. The summed E-state index contributed by atoms with van der Waals surface area (Å²) < 4.78 is 50.5. The van der Waals surface area contributed by atoms with E-state index in [2.05, 4.69) is 5.32 Å². The van der Waals surface area contributed by atoms with Crippen molar-refractivity contribution in [2.45, 2.75) is 26.6 Å². The van der Waals surface area contributed by atoms with E-state index in [0.29, 0.717) is 35.7 Å². The zero-order chi connectivity index (χ0) is 25.0. The molecule has 0 saturated carbocycles. The number of ether oxygens (including phenoxy) is 1. The SMILES string of the molecule is Cc1cc(C(=O)COC(=O)CNc2ccc(C(F)(F)F)cc2[N+](=O)[O-])c(C)n1Cc1ccco1. The van der Waals surface area contributed by atoms with Gasteiger partial charge in [-0.2, -0.15) is 13.2 Å². The zero-order valence-corrected chi connectivity index (χ0v) is 18.1. The molecule has 0 spiro atoms. The second-order valence-electron chi connectivity index (χ2n) is 7.37. The summed E-state index contributed by atoms with van der Waals surface area (Å²) in [5.74, 6) is -0.657. The number of benzene rings is 1. The highest BCUT2D eigenvalue weighted by atomic mass is 19.4. The Morgan fingerprint density at radius 3 is 2.56 bits per heavy atom. The number of furan rings is 1. The van der Waals surface area contributed by atoms with Crippen molar-refractivity contribution in [1.29, 1.82) is 0 Å². The van der Waals surface area contributed by atoms with E-state index >= 15 is 0 Å². The van der Waals surface area contributed by atoms with E-state index in [-0.39, 0.29) is 5.69 Å². The molecule has 2 aromatic heterocycles. The van der Waals surface area contributed by atoms with Gasteiger partial charge in [-0.1, -0.05) is 0 Å². The number of hydrogen-bond acceptors (Lipinski definition) is 7. The lowest BCUT2D eigenvalue weighted by atomic mass is 10.1. The number of nitro groups is 1. The van der Waals surface area contributed by atoms with Gasteiger partial charge in [-0.15, -0.1) is 0 Å². The van der Waals surface area contributed by atoms with Gasteiger partial charge in [0.15, 0.2) is 6.61 Å². The number of esters is 1. The maximum Gasteiger partial charge on any atom is 0.416 e. The summed E-state index contributed by atoms with van der Waals surface area (Å²) in [5.41, 5.74) is -0.496. The van der Waals surface area contributed by atoms with E-state index in [1.54, 1.807) is 31.4 Å². The number of carbonyl (C=O) groups excluding carboxylic acids is 2. The molecular formula is C22H20F3N3O6. The molecule has 2 heterocycles. The number of Topliss-reactive ketones (excluding diaryl/α,β-unsaturated/α-hetero) is 1. The number of carbonyl (C=O) groups is 2. The molecule has 1 aromatic carbocycles. The zero-order valence-electron chi connectivity index (χ0n) is 18.1. The summed E-state index contributed by atoms with van der Waals surface area (Å²) in [5, 5.41) is 13.5. The van der Waals surface area contributed by atoms with Crippen LogP contribution in [0.1, 0.15) is 33.1 Å². The van der Waals surface area contributed by atoms with Gasteiger partial charge in [0.25, 0.3) is 5.69 Å². The number of aromatic nitrogens is 1. The Bertz CT molecular complexity index is 1220. The quantitative estimate of drug-likeness (QED) is 0.208. The smallest absolute Gasteiger partial charge is 0.416 e. The highest BCUT2D eigenvalue weighted by Gasteiger charge is 2.33. The Hall–Kier alpha value is -4.09. The molecule has 0 fully saturated rings. The topological polar surface area (TPSA) is 117 Å². The number of rotatable bonds is 9. The van der Waals surface area contributed by atoms with Crippen LogP contribution in [-0.4, -0.2) is 34.4 Å². The molecule has 0 radical (unpaired) electrons. The van der Waals surface area contributed by atoms with Crippen LogP contribution in [0, 0.1) is 24.0 Å². The molecule has 3 aromatic rings. The first-order chi connectivity index (χ1) is 16.0. The third kappa shape index (κ3) is 5.63. The average Bonchev–Trinajstić information content (AvgIpc) is 3.39.